The van der Waals surface area contributed by atoms with E-state index in [2.05, 4.69) is 0 Å². The van der Waals surface area contributed by atoms with Crippen molar-refractivity contribution in [1.82, 2.24) is 0 Å². The van der Waals surface area contributed by atoms with Crippen molar-refractivity contribution in [1.29, 1.82) is 0 Å². The first-order valence-electron chi connectivity index (χ1n) is 2.15. The molecule has 1 heterocycles. The van der Waals surface area contributed by atoms with E-state index in [1.165, 1.54) is 0 Å². The highest BCUT2D eigenvalue weighted by Gasteiger charge is 2.43. The zero-order valence-corrected chi connectivity index (χ0v) is 7.18. The Kier molecular flexibility index (Phi) is 1.29. The molecular weight excluding hydrogens is 148 g/mol. The quantitative estimate of drug-likeness (QED) is 0.378. The minimum absolute atomic E-state index is 1.16. The molecule has 1 saturated heterocycles. The summed E-state index contributed by atoms with van der Waals surface area (Å²) in [4.78, 5) is 0. The van der Waals surface area contributed by atoms with Gasteiger partial charge in [0.15, 0.2) is 0 Å². The zero-order chi connectivity index (χ0) is 5.49. The molecule has 5 heteroatoms. The summed E-state index contributed by atoms with van der Waals surface area (Å²) in [6.45, 7) is 3.80. The second kappa shape index (κ2) is 1.56. The predicted molar refractivity (Wildman–Crippen MR) is 32.7 cm³/mol. The van der Waals surface area contributed by atoms with Gasteiger partial charge >= 0.3 is 17.2 Å². The first-order valence-corrected chi connectivity index (χ1v) is 7.57. The lowest BCUT2D eigenvalue weighted by molar-refractivity contribution is 0.281. The Morgan fingerprint density at radius 3 is 2.00 bits per heavy atom. The highest BCUT2D eigenvalue weighted by molar-refractivity contribution is 7.18. The summed E-state index contributed by atoms with van der Waals surface area (Å²) in [6, 6.07) is 0. The molecular formula is C2H7ClO2Si2. The van der Waals surface area contributed by atoms with E-state index in [9.17, 15) is 0 Å². The Balaban J connectivity index is 2.29. The molecule has 0 aromatic carbocycles. The average molecular weight is 155 g/mol. The molecule has 0 aliphatic carbocycles. The third-order valence-corrected chi connectivity index (χ3v) is 8.38. The maximum absolute atomic E-state index is 5.63. The molecule has 42 valence electrons. The molecule has 0 atom stereocenters. The van der Waals surface area contributed by atoms with Gasteiger partial charge in [-0.15, -0.1) is 11.1 Å². The van der Waals surface area contributed by atoms with Crippen LogP contribution < -0.4 is 0 Å². The molecule has 0 bridgehead atoms. The lowest BCUT2D eigenvalue weighted by atomic mass is 11.9. The molecule has 1 fully saturated rings. The number of hydrogen-bond donors (Lipinski definition) is 0. The molecule has 0 radical (unpaired) electrons. The van der Waals surface area contributed by atoms with Crippen LogP contribution in [0, 0.1) is 0 Å². The normalized spacial score (nSPS) is 51.0. The largest absolute Gasteiger partial charge is 0.421 e. The molecule has 1 aliphatic heterocycles. The fourth-order valence-electron chi connectivity index (χ4n) is 0.602. The summed E-state index contributed by atoms with van der Waals surface area (Å²) in [5.74, 6) is 0. The summed E-state index contributed by atoms with van der Waals surface area (Å²) in [7, 11) is -3.14. The fraction of sp³-hybridized carbons (Fsp3) is 1.00. The van der Waals surface area contributed by atoms with Crippen LogP contribution in [0.25, 0.3) is 0 Å². The fourth-order valence-corrected chi connectivity index (χ4v) is 7.67. The van der Waals surface area contributed by atoms with Crippen LogP contribution in [0.2, 0.25) is 13.1 Å². The van der Waals surface area contributed by atoms with Crippen LogP contribution in [0.5, 0.6) is 0 Å². The van der Waals surface area contributed by atoms with Gasteiger partial charge in [0.05, 0.1) is 0 Å². The average Bonchev–Trinajstić information content (AvgIpc) is 1.27. The van der Waals surface area contributed by atoms with Crippen LogP contribution >= 0.6 is 11.1 Å². The maximum Gasteiger partial charge on any atom is 0.421 e. The van der Waals surface area contributed by atoms with Crippen LogP contribution in [0.3, 0.4) is 0 Å². The van der Waals surface area contributed by atoms with Gasteiger partial charge in [-0.3, -0.25) is 0 Å². The molecule has 0 spiro atoms. The second-order valence-corrected chi connectivity index (χ2v) is 8.39. The summed E-state index contributed by atoms with van der Waals surface area (Å²) in [6.07, 6.45) is 0. The van der Waals surface area contributed by atoms with Gasteiger partial charge in [0.25, 0.3) is 0 Å². The van der Waals surface area contributed by atoms with Crippen molar-refractivity contribution in [3.05, 3.63) is 0 Å². The van der Waals surface area contributed by atoms with Crippen LogP contribution in [0.15, 0.2) is 0 Å². The molecule has 0 N–H and O–H groups in total. The lowest BCUT2D eigenvalue weighted by Crippen LogP contribution is -2.53. The van der Waals surface area contributed by atoms with Crippen molar-refractivity contribution < 1.29 is 8.23 Å². The van der Waals surface area contributed by atoms with Crippen LogP contribution in [-0.4, -0.2) is 17.2 Å². The minimum Gasteiger partial charge on any atom is -0.406 e. The Hall–Kier alpha value is 0.644. The molecule has 0 saturated carbocycles. The minimum atomic E-state index is -1.98. The van der Waals surface area contributed by atoms with Crippen LogP contribution in [0.1, 0.15) is 0 Å². The van der Waals surface area contributed by atoms with E-state index in [0.29, 0.717) is 0 Å². The van der Waals surface area contributed by atoms with E-state index >= 15 is 0 Å². The monoisotopic (exact) mass is 154 g/mol. The van der Waals surface area contributed by atoms with Gasteiger partial charge < -0.3 is 8.23 Å². The number of halogens is 1. The Morgan fingerprint density at radius 1 is 1.57 bits per heavy atom. The third-order valence-electron chi connectivity index (χ3n) is 0.753. The molecule has 7 heavy (non-hydrogen) atoms. The van der Waals surface area contributed by atoms with Gasteiger partial charge in [0, 0.05) is 0 Å². The summed E-state index contributed by atoms with van der Waals surface area (Å²) in [5.41, 5.74) is 0. The Morgan fingerprint density at radius 2 is 2.00 bits per heavy atom. The zero-order valence-electron chi connectivity index (χ0n) is 4.27. The van der Waals surface area contributed by atoms with Gasteiger partial charge in [-0.05, 0) is 13.1 Å². The third kappa shape index (κ3) is 1.26. The summed E-state index contributed by atoms with van der Waals surface area (Å²) < 4.78 is 10.3. The van der Waals surface area contributed by atoms with E-state index in [0.717, 1.165) is 0 Å². The van der Waals surface area contributed by atoms with Crippen LogP contribution in [0.4, 0.5) is 0 Å². The van der Waals surface area contributed by atoms with Crippen molar-refractivity contribution in [2.24, 2.45) is 0 Å². The smallest absolute Gasteiger partial charge is 0.406 e. The van der Waals surface area contributed by atoms with Gasteiger partial charge in [0.1, 0.15) is 0 Å². The van der Waals surface area contributed by atoms with Gasteiger partial charge in [-0.1, -0.05) is 0 Å². The predicted octanol–water partition coefficient (Wildman–Crippen LogP) is 0.691. The molecule has 0 aromatic rings. The number of hydrogen-bond acceptors (Lipinski definition) is 2. The van der Waals surface area contributed by atoms with Crippen molar-refractivity contribution in [2.75, 3.05) is 0 Å². The van der Waals surface area contributed by atoms with Crippen molar-refractivity contribution in [2.45, 2.75) is 13.1 Å². The van der Waals surface area contributed by atoms with Gasteiger partial charge in [0.2, 0.25) is 0 Å². The molecule has 0 aromatic heterocycles. The van der Waals surface area contributed by atoms with E-state index in [1.54, 1.807) is 0 Å². The summed E-state index contributed by atoms with van der Waals surface area (Å²) >= 11 is 5.63. The Bertz CT molecular complexity index is 77.8. The van der Waals surface area contributed by atoms with E-state index in [-0.39, 0.29) is 0 Å². The first-order chi connectivity index (χ1) is 3.10. The van der Waals surface area contributed by atoms with E-state index < -0.39 is 17.2 Å². The standard InChI is InChI=1S/C2H7ClO2Si2/c1-6-4-7(2,3)5-6/h6H,1-2H3. The van der Waals surface area contributed by atoms with Crippen molar-refractivity contribution >= 4 is 28.2 Å². The molecule has 1 rings (SSSR count). The van der Waals surface area contributed by atoms with E-state index in [4.69, 9.17) is 19.3 Å². The van der Waals surface area contributed by atoms with E-state index in [1.807, 2.05) is 13.1 Å². The first kappa shape index (κ1) is 5.77. The number of rotatable bonds is 0. The molecule has 1 aliphatic rings. The highest BCUT2D eigenvalue weighted by atomic mass is 35.6. The van der Waals surface area contributed by atoms with Gasteiger partial charge in [-0.2, -0.15) is 0 Å². The maximum atomic E-state index is 5.63. The molecule has 0 amide bonds. The SMILES string of the molecule is C[SiH]1O[Si](C)(Cl)O1. The summed E-state index contributed by atoms with van der Waals surface area (Å²) in [5, 5.41) is 0. The van der Waals surface area contributed by atoms with Crippen molar-refractivity contribution in [3.8, 4) is 0 Å². The molecule has 0 unspecified atom stereocenters. The Labute approximate surface area is 50.2 Å². The van der Waals surface area contributed by atoms with Gasteiger partial charge in [-0.25, -0.2) is 0 Å². The lowest BCUT2D eigenvalue weighted by Gasteiger charge is -2.35. The molecule has 2 nitrogen and oxygen atoms in total. The topological polar surface area (TPSA) is 18.5 Å². The van der Waals surface area contributed by atoms with Crippen molar-refractivity contribution in [3.63, 3.8) is 0 Å². The second-order valence-electron chi connectivity index (χ2n) is 1.64. The van der Waals surface area contributed by atoms with Crippen LogP contribution in [-0.2, 0) is 8.23 Å². The highest BCUT2D eigenvalue weighted by Crippen LogP contribution is 2.24.